The summed E-state index contributed by atoms with van der Waals surface area (Å²) in [5, 5.41) is 3.57. The third-order valence-electron chi connectivity index (χ3n) is 4.27. The van der Waals surface area contributed by atoms with Crippen LogP contribution in [0, 0.1) is 0 Å². The van der Waals surface area contributed by atoms with Gasteiger partial charge in [0.15, 0.2) is 6.61 Å². The molecule has 146 valence electrons. The van der Waals surface area contributed by atoms with Gasteiger partial charge < -0.3 is 14.8 Å². The number of nitrogens with one attached hydrogen (secondary N) is 2. The maximum absolute atomic E-state index is 12.8. The second kappa shape index (κ2) is 7.77. The number of ether oxygens (including phenoxy) is 2. The Bertz CT molecular complexity index is 935. The number of nitrogens with zero attached hydrogens (tertiary/aromatic N) is 1. The van der Waals surface area contributed by atoms with Crippen molar-refractivity contribution in [3.8, 4) is 11.5 Å². The lowest BCUT2D eigenvalue weighted by Gasteiger charge is -2.22. The fourth-order valence-corrected chi connectivity index (χ4v) is 2.92. The van der Waals surface area contributed by atoms with E-state index in [2.05, 4.69) is 10.7 Å². The second-order valence-corrected chi connectivity index (χ2v) is 6.59. The van der Waals surface area contributed by atoms with Crippen LogP contribution in [0.1, 0.15) is 12.5 Å². The van der Waals surface area contributed by atoms with Gasteiger partial charge in [0.25, 0.3) is 11.8 Å². The van der Waals surface area contributed by atoms with E-state index in [1.165, 1.54) is 7.11 Å². The van der Waals surface area contributed by atoms with Crippen LogP contribution in [0.5, 0.6) is 11.5 Å². The minimum atomic E-state index is -1.34. The van der Waals surface area contributed by atoms with Crippen molar-refractivity contribution in [2.75, 3.05) is 13.7 Å². The lowest BCUT2D eigenvalue weighted by molar-refractivity contribution is -0.139. The number of amides is 4. The van der Waals surface area contributed by atoms with E-state index in [9.17, 15) is 14.4 Å². The minimum absolute atomic E-state index is 0.317. The molecule has 8 nitrogen and oxygen atoms in total. The van der Waals surface area contributed by atoms with Crippen molar-refractivity contribution in [2.45, 2.75) is 12.5 Å². The number of rotatable bonds is 6. The molecule has 2 N–H and O–H groups in total. The van der Waals surface area contributed by atoms with Gasteiger partial charge in [-0.1, -0.05) is 35.9 Å². The molecule has 28 heavy (non-hydrogen) atoms. The van der Waals surface area contributed by atoms with Crippen molar-refractivity contribution in [1.29, 1.82) is 0 Å². The lowest BCUT2D eigenvalue weighted by Crippen LogP contribution is -2.49. The largest absolute Gasteiger partial charge is 0.497 e. The van der Waals surface area contributed by atoms with Crippen molar-refractivity contribution >= 4 is 29.4 Å². The number of urea groups is 1. The van der Waals surface area contributed by atoms with Crippen LogP contribution in [-0.2, 0) is 15.1 Å². The Labute approximate surface area is 166 Å². The standard InChI is InChI=1S/C19H18ClN3O5/c1-19(12-6-5-7-13(10-12)27-2)17(25)23(18(26)21-19)22-16(24)11-28-15-9-4-3-8-14(15)20/h3-10H,11H2,1-2H3,(H,21,26)(H,22,24)/t19-/m1/s1. The van der Waals surface area contributed by atoms with Gasteiger partial charge in [-0.25, -0.2) is 4.79 Å². The molecule has 1 saturated heterocycles. The Kier molecular flexibility index (Phi) is 5.41. The minimum Gasteiger partial charge on any atom is -0.497 e. The number of hydrogen-bond acceptors (Lipinski definition) is 5. The van der Waals surface area contributed by atoms with Gasteiger partial charge in [0.05, 0.1) is 12.1 Å². The normalized spacial score (nSPS) is 18.6. The number of benzene rings is 2. The first-order chi connectivity index (χ1) is 13.3. The van der Waals surface area contributed by atoms with Crippen molar-refractivity contribution in [3.05, 3.63) is 59.1 Å². The molecule has 1 atom stereocenters. The quantitative estimate of drug-likeness (QED) is 0.721. The summed E-state index contributed by atoms with van der Waals surface area (Å²) in [7, 11) is 1.50. The van der Waals surface area contributed by atoms with Gasteiger partial charge in [0.1, 0.15) is 17.0 Å². The van der Waals surface area contributed by atoms with E-state index in [0.29, 0.717) is 27.1 Å². The molecule has 0 radical (unpaired) electrons. The van der Waals surface area contributed by atoms with Crippen LogP contribution < -0.4 is 20.2 Å². The summed E-state index contributed by atoms with van der Waals surface area (Å²) in [6.07, 6.45) is 0. The number of carbonyl (C=O) groups excluding carboxylic acids is 3. The van der Waals surface area contributed by atoms with Crippen molar-refractivity contribution in [1.82, 2.24) is 15.8 Å². The van der Waals surface area contributed by atoms with Gasteiger partial charge in [0.2, 0.25) is 0 Å². The molecule has 1 heterocycles. The monoisotopic (exact) mass is 403 g/mol. The Morgan fingerprint density at radius 1 is 1.21 bits per heavy atom. The maximum atomic E-state index is 12.8. The van der Waals surface area contributed by atoms with E-state index in [1.54, 1.807) is 55.5 Å². The Morgan fingerprint density at radius 3 is 2.68 bits per heavy atom. The number of methoxy groups -OCH3 is 1. The highest BCUT2D eigenvalue weighted by Crippen LogP contribution is 2.30. The number of imide groups is 1. The summed E-state index contributed by atoms with van der Waals surface area (Å²) in [6, 6.07) is 12.7. The maximum Gasteiger partial charge on any atom is 0.344 e. The summed E-state index contributed by atoms with van der Waals surface area (Å²) in [5.74, 6) is -0.454. The molecule has 0 spiro atoms. The van der Waals surface area contributed by atoms with Crippen LogP contribution in [0.15, 0.2) is 48.5 Å². The third kappa shape index (κ3) is 3.72. The lowest BCUT2D eigenvalue weighted by atomic mass is 9.92. The highest BCUT2D eigenvalue weighted by atomic mass is 35.5. The predicted octanol–water partition coefficient (Wildman–Crippen LogP) is 2.23. The molecule has 1 fully saturated rings. The molecule has 0 aliphatic carbocycles. The molecule has 1 aliphatic heterocycles. The van der Waals surface area contributed by atoms with Gasteiger partial charge in [-0.05, 0) is 36.8 Å². The van der Waals surface area contributed by atoms with E-state index < -0.39 is 30.0 Å². The first-order valence-electron chi connectivity index (χ1n) is 8.33. The summed E-state index contributed by atoms with van der Waals surface area (Å²) in [5.41, 5.74) is 1.43. The number of carbonyl (C=O) groups is 3. The Balaban J connectivity index is 1.69. The zero-order valence-corrected chi connectivity index (χ0v) is 15.9. The summed E-state index contributed by atoms with van der Waals surface area (Å²) in [4.78, 5) is 37.3. The van der Waals surface area contributed by atoms with Gasteiger partial charge >= 0.3 is 6.03 Å². The molecule has 0 saturated carbocycles. The average Bonchev–Trinajstić information content (AvgIpc) is 2.91. The van der Waals surface area contributed by atoms with E-state index in [4.69, 9.17) is 21.1 Å². The molecular weight excluding hydrogens is 386 g/mol. The Hall–Kier alpha value is -3.26. The number of halogens is 1. The number of para-hydroxylation sites is 1. The average molecular weight is 404 g/mol. The van der Waals surface area contributed by atoms with E-state index in [1.807, 2.05) is 0 Å². The van der Waals surface area contributed by atoms with E-state index in [0.717, 1.165) is 0 Å². The topological polar surface area (TPSA) is 97.0 Å². The fraction of sp³-hybridized carbons (Fsp3) is 0.211. The van der Waals surface area contributed by atoms with Crippen LogP contribution in [0.3, 0.4) is 0 Å². The molecule has 0 aromatic heterocycles. The molecule has 0 bridgehead atoms. The smallest absolute Gasteiger partial charge is 0.344 e. The third-order valence-corrected chi connectivity index (χ3v) is 4.58. The number of hydrazine groups is 1. The van der Waals surface area contributed by atoms with Gasteiger partial charge in [-0.3, -0.25) is 15.0 Å². The van der Waals surface area contributed by atoms with Gasteiger partial charge in [-0.2, -0.15) is 5.01 Å². The first-order valence-corrected chi connectivity index (χ1v) is 8.71. The van der Waals surface area contributed by atoms with Crippen molar-refractivity contribution < 1.29 is 23.9 Å². The van der Waals surface area contributed by atoms with Crippen LogP contribution in [-0.4, -0.2) is 36.6 Å². The molecule has 1 aliphatic rings. The summed E-state index contributed by atoms with van der Waals surface area (Å²) in [6.45, 7) is 1.13. The Morgan fingerprint density at radius 2 is 1.96 bits per heavy atom. The van der Waals surface area contributed by atoms with Crippen LogP contribution in [0.4, 0.5) is 4.79 Å². The van der Waals surface area contributed by atoms with E-state index in [-0.39, 0.29) is 0 Å². The predicted molar refractivity (Wildman–Crippen MR) is 101 cm³/mol. The SMILES string of the molecule is COc1cccc([C@@]2(C)NC(=O)N(NC(=O)COc3ccccc3Cl)C2=O)c1. The highest BCUT2D eigenvalue weighted by molar-refractivity contribution is 6.32. The molecule has 3 rings (SSSR count). The van der Waals surface area contributed by atoms with Crippen LogP contribution in [0.25, 0.3) is 0 Å². The van der Waals surface area contributed by atoms with Crippen LogP contribution >= 0.6 is 11.6 Å². The summed E-state index contributed by atoms with van der Waals surface area (Å²) >= 11 is 5.96. The molecule has 2 aromatic rings. The zero-order chi connectivity index (χ0) is 20.3. The first kappa shape index (κ1) is 19.5. The second-order valence-electron chi connectivity index (χ2n) is 6.18. The fourth-order valence-electron chi connectivity index (χ4n) is 2.73. The zero-order valence-electron chi connectivity index (χ0n) is 15.2. The molecular formula is C19H18ClN3O5. The van der Waals surface area contributed by atoms with Crippen molar-refractivity contribution in [2.24, 2.45) is 0 Å². The number of hydrogen-bond donors (Lipinski definition) is 2. The molecule has 4 amide bonds. The van der Waals surface area contributed by atoms with Gasteiger partial charge in [0, 0.05) is 0 Å². The molecule has 9 heteroatoms. The summed E-state index contributed by atoms with van der Waals surface area (Å²) < 4.78 is 10.5. The molecule has 0 unspecified atom stereocenters. The molecule has 2 aromatic carbocycles. The van der Waals surface area contributed by atoms with E-state index >= 15 is 0 Å². The highest BCUT2D eigenvalue weighted by Gasteiger charge is 2.50. The van der Waals surface area contributed by atoms with Gasteiger partial charge in [-0.15, -0.1) is 0 Å². The van der Waals surface area contributed by atoms with Crippen LogP contribution in [0.2, 0.25) is 5.02 Å². The van der Waals surface area contributed by atoms with Crippen molar-refractivity contribution in [3.63, 3.8) is 0 Å².